The van der Waals surface area contributed by atoms with Crippen LogP contribution in [0.15, 0.2) is 65.5 Å². The highest BCUT2D eigenvalue weighted by molar-refractivity contribution is 5.89. The van der Waals surface area contributed by atoms with E-state index in [1.54, 1.807) is 6.26 Å². The summed E-state index contributed by atoms with van der Waals surface area (Å²) in [6.07, 6.45) is 8.13. The van der Waals surface area contributed by atoms with Gasteiger partial charge in [0.2, 0.25) is 5.91 Å². The van der Waals surface area contributed by atoms with Crippen molar-refractivity contribution >= 4 is 16.9 Å². The third-order valence-corrected chi connectivity index (χ3v) is 6.85. The fourth-order valence-electron chi connectivity index (χ4n) is 4.75. The molecule has 3 heterocycles. The number of carbonyl (C=O) groups excluding carboxylic acids is 1. The van der Waals surface area contributed by atoms with Crippen LogP contribution in [0.1, 0.15) is 29.5 Å². The number of hydrogen-bond acceptors (Lipinski definition) is 3. The first-order chi connectivity index (χ1) is 15.6. The van der Waals surface area contributed by atoms with E-state index < -0.39 is 0 Å². The van der Waals surface area contributed by atoms with Crippen LogP contribution in [0.4, 0.5) is 0 Å². The lowest BCUT2D eigenvalue weighted by Gasteiger charge is -2.32. The lowest BCUT2D eigenvalue weighted by molar-refractivity contribution is -0.131. The molecule has 32 heavy (non-hydrogen) atoms. The highest BCUT2D eigenvalue weighted by Crippen LogP contribution is 2.28. The summed E-state index contributed by atoms with van der Waals surface area (Å²) in [6.45, 7) is 6.72. The molecule has 0 saturated carbocycles. The van der Waals surface area contributed by atoms with Gasteiger partial charge >= 0.3 is 0 Å². The second kappa shape index (κ2) is 8.65. The molecule has 0 radical (unpaired) electrons. The third kappa shape index (κ3) is 3.95. The van der Waals surface area contributed by atoms with Crippen LogP contribution in [0.2, 0.25) is 0 Å². The largest absolute Gasteiger partial charge is 0.464 e. The number of benzene rings is 2. The van der Waals surface area contributed by atoms with Gasteiger partial charge in [0, 0.05) is 48.5 Å². The normalized spacial score (nSPS) is 14.9. The van der Waals surface area contributed by atoms with Crippen LogP contribution in [0.25, 0.3) is 22.4 Å². The maximum Gasteiger partial charge on any atom is 0.227 e. The Morgan fingerprint density at radius 2 is 1.88 bits per heavy atom. The number of carbonyl (C=O) groups is 1. The van der Waals surface area contributed by atoms with E-state index in [0.29, 0.717) is 12.3 Å². The molecule has 1 amide bonds. The van der Waals surface area contributed by atoms with E-state index in [1.807, 2.05) is 29.3 Å². The monoisotopic (exact) mass is 427 g/mol. The van der Waals surface area contributed by atoms with Gasteiger partial charge in [-0.2, -0.15) is 0 Å². The van der Waals surface area contributed by atoms with Gasteiger partial charge in [0.25, 0.3) is 0 Å². The number of piperidine rings is 1. The summed E-state index contributed by atoms with van der Waals surface area (Å²) in [5.41, 5.74) is 5.39. The first-order valence-electron chi connectivity index (χ1n) is 11.4. The molecule has 1 saturated heterocycles. The Morgan fingerprint density at radius 1 is 1.09 bits per heavy atom. The van der Waals surface area contributed by atoms with Crippen molar-refractivity contribution in [2.75, 3.05) is 13.1 Å². The summed E-state index contributed by atoms with van der Waals surface area (Å²) in [4.78, 5) is 19.6. The summed E-state index contributed by atoms with van der Waals surface area (Å²) in [5, 5.41) is 1.06. The number of amides is 1. The molecule has 2 aromatic heterocycles. The predicted octanol–water partition coefficient (Wildman–Crippen LogP) is 5.39. The molecule has 4 aromatic rings. The number of imidazole rings is 1. The first-order valence-corrected chi connectivity index (χ1v) is 11.4. The van der Waals surface area contributed by atoms with Gasteiger partial charge in [-0.25, -0.2) is 4.98 Å². The van der Waals surface area contributed by atoms with Crippen LogP contribution in [0, 0.1) is 19.8 Å². The Balaban J connectivity index is 1.20. The number of aryl methyl sites for hydroxylation is 2. The molecule has 1 aliphatic heterocycles. The van der Waals surface area contributed by atoms with Crippen molar-refractivity contribution in [1.29, 1.82) is 0 Å². The van der Waals surface area contributed by atoms with Gasteiger partial charge in [-0.05, 0) is 43.7 Å². The molecular formula is C27H29N3O2. The van der Waals surface area contributed by atoms with Gasteiger partial charge in [0.1, 0.15) is 11.4 Å². The number of hydrogen-bond donors (Lipinski definition) is 0. The smallest absolute Gasteiger partial charge is 0.227 e. The molecule has 5 heteroatoms. The van der Waals surface area contributed by atoms with E-state index in [-0.39, 0.29) is 5.91 Å². The molecule has 0 bridgehead atoms. The molecule has 0 unspecified atom stereocenters. The number of fused-ring (bicyclic) bond motifs is 1. The molecule has 0 spiro atoms. The zero-order valence-electron chi connectivity index (χ0n) is 18.8. The van der Waals surface area contributed by atoms with Crippen LogP contribution >= 0.6 is 0 Å². The summed E-state index contributed by atoms with van der Waals surface area (Å²) in [5.74, 6) is 1.76. The molecular weight excluding hydrogens is 398 g/mol. The van der Waals surface area contributed by atoms with E-state index in [1.165, 1.54) is 5.56 Å². The van der Waals surface area contributed by atoms with Gasteiger partial charge in [0.05, 0.1) is 12.7 Å². The molecule has 1 aliphatic rings. The van der Waals surface area contributed by atoms with Gasteiger partial charge in [0.15, 0.2) is 0 Å². The standard InChI is InChI=1S/C27H29N3O2/c1-19-8-9-24-23(18-32-26(24)20(19)2)16-25(31)29-13-10-21(11-14-29)17-30-15-12-28-27(30)22-6-4-3-5-7-22/h3-9,12,15,18,21H,10-11,13-14,16-17H2,1-2H3. The predicted molar refractivity (Wildman–Crippen MR) is 126 cm³/mol. The minimum absolute atomic E-state index is 0.192. The van der Waals surface area contributed by atoms with Gasteiger partial charge in [-0.15, -0.1) is 0 Å². The number of furan rings is 1. The van der Waals surface area contributed by atoms with Crippen LogP contribution in [0.3, 0.4) is 0 Å². The highest BCUT2D eigenvalue weighted by Gasteiger charge is 2.24. The maximum atomic E-state index is 13.0. The average Bonchev–Trinajstić information content (AvgIpc) is 3.45. The molecule has 5 nitrogen and oxygen atoms in total. The van der Waals surface area contributed by atoms with Crippen molar-refractivity contribution in [1.82, 2.24) is 14.5 Å². The van der Waals surface area contributed by atoms with Gasteiger partial charge < -0.3 is 13.9 Å². The zero-order valence-corrected chi connectivity index (χ0v) is 18.8. The number of aromatic nitrogens is 2. The van der Waals surface area contributed by atoms with E-state index >= 15 is 0 Å². The average molecular weight is 428 g/mol. The minimum Gasteiger partial charge on any atom is -0.464 e. The van der Waals surface area contributed by atoms with E-state index in [0.717, 1.165) is 66.0 Å². The SMILES string of the molecule is Cc1ccc2c(CC(=O)N3CCC(Cn4ccnc4-c4ccccc4)CC3)coc2c1C. The van der Waals surface area contributed by atoms with Gasteiger partial charge in [-0.3, -0.25) is 4.79 Å². The second-order valence-electron chi connectivity index (χ2n) is 8.92. The summed E-state index contributed by atoms with van der Waals surface area (Å²) < 4.78 is 8.04. The Kier molecular flexibility index (Phi) is 5.56. The number of likely N-dealkylation sites (tertiary alicyclic amines) is 1. The number of rotatable bonds is 5. The quantitative estimate of drug-likeness (QED) is 0.429. The zero-order chi connectivity index (χ0) is 22.1. The van der Waals surface area contributed by atoms with Crippen molar-refractivity contribution in [2.45, 2.75) is 39.7 Å². The third-order valence-electron chi connectivity index (χ3n) is 6.85. The number of nitrogens with zero attached hydrogens (tertiary/aromatic N) is 3. The maximum absolute atomic E-state index is 13.0. The van der Waals surface area contributed by atoms with Crippen LogP contribution in [-0.4, -0.2) is 33.4 Å². The fourth-order valence-corrected chi connectivity index (χ4v) is 4.75. The molecule has 1 fully saturated rings. The van der Waals surface area contributed by atoms with Crippen LogP contribution < -0.4 is 0 Å². The Hall–Kier alpha value is -3.34. The highest BCUT2D eigenvalue weighted by atomic mass is 16.3. The van der Waals surface area contributed by atoms with Crippen LogP contribution in [-0.2, 0) is 17.8 Å². The Bertz CT molecular complexity index is 1230. The van der Waals surface area contributed by atoms with E-state index in [9.17, 15) is 4.79 Å². The minimum atomic E-state index is 0.192. The lowest BCUT2D eigenvalue weighted by atomic mass is 9.96. The summed E-state index contributed by atoms with van der Waals surface area (Å²) >= 11 is 0. The van der Waals surface area contributed by atoms with E-state index in [4.69, 9.17) is 4.42 Å². The van der Waals surface area contributed by atoms with Gasteiger partial charge in [-0.1, -0.05) is 42.5 Å². The molecule has 164 valence electrons. The second-order valence-corrected chi connectivity index (χ2v) is 8.92. The van der Waals surface area contributed by atoms with Crippen molar-refractivity contribution in [3.63, 3.8) is 0 Å². The van der Waals surface area contributed by atoms with Crippen LogP contribution in [0.5, 0.6) is 0 Å². The molecule has 5 rings (SSSR count). The Labute approximate surface area is 188 Å². The fraction of sp³-hybridized carbons (Fsp3) is 0.333. The topological polar surface area (TPSA) is 51.3 Å². The lowest BCUT2D eigenvalue weighted by Crippen LogP contribution is -2.40. The summed E-state index contributed by atoms with van der Waals surface area (Å²) in [6, 6.07) is 14.5. The molecule has 2 aromatic carbocycles. The molecule has 0 N–H and O–H groups in total. The first kappa shape index (κ1) is 20.6. The van der Waals surface area contributed by atoms with Crippen molar-refractivity contribution in [3.05, 3.63) is 77.8 Å². The van der Waals surface area contributed by atoms with E-state index in [2.05, 4.69) is 53.9 Å². The van der Waals surface area contributed by atoms with Crippen molar-refractivity contribution in [2.24, 2.45) is 5.92 Å². The molecule has 0 atom stereocenters. The van der Waals surface area contributed by atoms with Crippen molar-refractivity contribution < 1.29 is 9.21 Å². The van der Waals surface area contributed by atoms with Crippen molar-refractivity contribution in [3.8, 4) is 11.4 Å². The Morgan fingerprint density at radius 3 is 2.66 bits per heavy atom. The summed E-state index contributed by atoms with van der Waals surface area (Å²) in [7, 11) is 0. The molecule has 0 aliphatic carbocycles.